The van der Waals surface area contributed by atoms with E-state index in [0.717, 1.165) is 0 Å². The van der Waals surface area contributed by atoms with Crippen LogP contribution < -0.4 is 14.2 Å². The van der Waals surface area contributed by atoms with E-state index >= 15 is 0 Å². The van der Waals surface area contributed by atoms with E-state index in [-0.39, 0.29) is 6.10 Å². The third-order valence-corrected chi connectivity index (χ3v) is 4.22. The molecule has 3 rings (SSSR count). The first kappa shape index (κ1) is 14.4. The Bertz CT molecular complexity index is 519. The third-order valence-electron chi connectivity index (χ3n) is 4.22. The predicted molar refractivity (Wildman–Crippen MR) is 73.8 cm³/mol. The number of aliphatic hydroxyl groups excluding tert-OH is 1. The molecule has 1 saturated carbocycles. The molecule has 0 unspecified atom stereocenters. The number of ether oxygens (including phenoxy) is 5. The van der Waals surface area contributed by atoms with Gasteiger partial charge in [-0.05, 0) is 12.1 Å². The smallest absolute Gasteiger partial charge is 0.274 e. The van der Waals surface area contributed by atoms with Gasteiger partial charge in [-0.3, -0.25) is 0 Å². The van der Waals surface area contributed by atoms with E-state index in [1.54, 1.807) is 32.4 Å². The van der Waals surface area contributed by atoms with Gasteiger partial charge < -0.3 is 28.8 Å². The Balaban J connectivity index is 1.97. The molecule has 116 valence electrons. The van der Waals surface area contributed by atoms with Gasteiger partial charge in [0.15, 0.2) is 17.6 Å². The SMILES string of the molecule is COc1ccc2c(c1)O[C@H]1C[C@@H](OC)C[C@@H](O)[C@]1(OC)O2. The summed E-state index contributed by atoms with van der Waals surface area (Å²) in [6, 6.07) is 5.29. The number of benzene rings is 1. The molecule has 1 heterocycles. The zero-order valence-corrected chi connectivity index (χ0v) is 12.4. The number of rotatable bonds is 3. The highest BCUT2D eigenvalue weighted by Crippen LogP contribution is 2.46. The molecule has 0 radical (unpaired) electrons. The number of aliphatic hydroxyl groups is 1. The van der Waals surface area contributed by atoms with Gasteiger partial charge in [-0.25, -0.2) is 0 Å². The van der Waals surface area contributed by atoms with Gasteiger partial charge >= 0.3 is 0 Å². The van der Waals surface area contributed by atoms with Crippen molar-refractivity contribution in [3.8, 4) is 17.2 Å². The Morgan fingerprint density at radius 2 is 2.00 bits per heavy atom. The topological polar surface area (TPSA) is 66.4 Å². The van der Waals surface area contributed by atoms with Gasteiger partial charge in [0.2, 0.25) is 0 Å². The van der Waals surface area contributed by atoms with Crippen LogP contribution in [0.3, 0.4) is 0 Å². The van der Waals surface area contributed by atoms with Crippen molar-refractivity contribution in [3.05, 3.63) is 18.2 Å². The number of methoxy groups -OCH3 is 3. The molecular weight excluding hydrogens is 276 g/mol. The fourth-order valence-corrected chi connectivity index (χ4v) is 3.01. The van der Waals surface area contributed by atoms with Crippen molar-refractivity contribution in [2.45, 2.75) is 36.9 Å². The molecule has 0 aromatic heterocycles. The van der Waals surface area contributed by atoms with Crippen molar-refractivity contribution < 1.29 is 28.8 Å². The summed E-state index contributed by atoms with van der Waals surface area (Å²) in [6.45, 7) is 0. The van der Waals surface area contributed by atoms with E-state index in [9.17, 15) is 5.11 Å². The minimum Gasteiger partial charge on any atom is -0.497 e. The van der Waals surface area contributed by atoms with E-state index in [2.05, 4.69) is 0 Å². The number of hydrogen-bond acceptors (Lipinski definition) is 6. The third kappa shape index (κ3) is 2.23. The molecule has 4 atom stereocenters. The van der Waals surface area contributed by atoms with Crippen LogP contribution in [-0.4, -0.2) is 50.5 Å². The average Bonchev–Trinajstić information content (AvgIpc) is 2.52. The first-order valence-corrected chi connectivity index (χ1v) is 6.92. The van der Waals surface area contributed by atoms with Crippen LogP contribution in [0, 0.1) is 0 Å². The Hall–Kier alpha value is -1.50. The van der Waals surface area contributed by atoms with Crippen molar-refractivity contribution in [1.82, 2.24) is 0 Å². The van der Waals surface area contributed by atoms with Gasteiger partial charge in [0, 0.05) is 33.1 Å². The summed E-state index contributed by atoms with van der Waals surface area (Å²) < 4.78 is 28.0. The quantitative estimate of drug-likeness (QED) is 0.908. The van der Waals surface area contributed by atoms with Crippen molar-refractivity contribution in [2.75, 3.05) is 21.3 Å². The highest BCUT2D eigenvalue weighted by molar-refractivity contribution is 5.47. The molecule has 1 N–H and O–H groups in total. The fourth-order valence-electron chi connectivity index (χ4n) is 3.01. The van der Waals surface area contributed by atoms with Crippen molar-refractivity contribution in [2.24, 2.45) is 0 Å². The number of hydrogen-bond donors (Lipinski definition) is 1. The van der Waals surface area contributed by atoms with E-state index in [0.29, 0.717) is 30.1 Å². The molecule has 1 aromatic carbocycles. The summed E-state index contributed by atoms with van der Waals surface area (Å²) in [5.41, 5.74) is 0. The molecule has 0 spiro atoms. The molecule has 6 heteroatoms. The normalized spacial score (nSPS) is 34.2. The van der Waals surface area contributed by atoms with Crippen molar-refractivity contribution in [3.63, 3.8) is 0 Å². The van der Waals surface area contributed by atoms with Crippen LogP contribution in [0.15, 0.2) is 18.2 Å². The predicted octanol–water partition coefficient (Wildman–Crippen LogP) is 1.35. The Labute approximate surface area is 123 Å². The van der Waals surface area contributed by atoms with E-state index in [1.165, 1.54) is 7.11 Å². The minimum absolute atomic E-state index is 0.0935. The zero-order valence-electron chi connectivity index (χ0n) is 12.4. The molecule has 6 nitrogen and oxygen atoms in total. The lowest BCUT2D eigenvalue weighted by Crippen LogP contribution is -2.66. The highest BCUT2D eigenvalue weighted by Gasteiger charge is 2.57. The first-order chi connectivity index (χ1) is 10.1. The van der Waals surface area contributed by atoms with E-state index in [1.807, 2.05) is 0 Å². The Kier molecular flexibility index (Phi) is 3.69. The van der Waals surface area contributed by atoms with Crippen molar-refractivity contribution >= 4 is 0 Å². The standard InChI is InChI=1S/C15H20O6/c1-17-9-4-5-11-12(6-9)20-14-8-10(18-2)7-13(16)15(14,19-3)21-11/h4-6,10,13-14,16H,7-8H2,1-3H3/t10-,13+,14-,15-/m0/s1. The summed E-state index contributed by atoms with van der Waals surface area (Å²) in [5.74, 6) is 0.595. The zero-order chi connectivity index (χ0) is 15.0. The second kappa shape index (κ2) is 5.36. The van der Waals surface area contributed by atoms with Crippen LogP contribution >= 0.6 is 0 Å². The molecule has 0 amide bonds. The lowest BCUT2D eigenvalue weighted by molar-refractivity contribution is -0.300. The molecular formula is C15H20O6. The molecule has 1 aromatic rings. The van der Waals surface area contributed by atoms with Crippen LogP contribution in [0.25, 0.3) is 0 Å². The average molecular weight is 296 g/mol. The molecule has 1 aliphatic heterocycles. The largest absolute Gasteiger partial charge is 0.497 e. The lowest BCUT2D eigenvalue weighted by atomic mass is 9.85. The molecule has 1 fully saturated rings. The minimum atomic E-state index is -1.20. The summed E-state index contributed by atoms with van der Waals surface area (Å²) in [5, 5.41) is 10.4. The molecule has 2 aliphatic rings. The summed E-state index contributed by atoms with van der Waals surface area (Å²) in [6.07, 6.45) is -0.352. The summed E-state index contributed by atoms with van der Waals surface area (Å²) >= 11 is 0. The van der Waals surface area contributed by atoms with Crippen LogP contribution in [0.4, 0.5) is 0 Å². The molecule has 0 saturated heterocycles. The second-order valence-electron chi connectivity index (χ2n) is 5.29. The monoisotopic (exact) mass is 296 g/mol. The first-order valence-electron chi connectivity index (χ1n) is 6.92. The van der Waals surface area contributed by atoms with E-state index in [4.69, 9.17) is 23.7 Å². The van der Waals surface area contributed by atoms with Crippen LogP contribution in [0.5, 0.6) is 17.2 Å². The molecule has 1 aliphatic carbocycles. The highest BCUT2D eigenvalue weighted by atomic mass is 16.7. The van der Waals surface area contributed by atoms with Gasteiger partial charge in [0.1, 0.15) is 11.9 Å². The van der Waals surface area contributed by atoms with Crippen LogP contribution in [-0.2, 0) is 9.47 Å². The van der Waals surface area contributed by atoms with Crippen molar-refractivity contribution in [1.29, 1.82) is 0 Å². The molecule has 0 bridgehead atoms. The fraction of sp³-hybridized carbons (Fsp3) is 0.600. The second-order valence-corrected chi connectivity index (χ2v) is 5.29. The van der Waals surface area contributed by atoms with Gasteiger partial charge in [-0.15, -0.1) is 0 Å². The summed E-state index contributed by atoms with van der Waals surface area (Å²) in [7, 11) is 4.73. The van der Waals surface area contributed by atoms with E-state index < -0.39 is 18.0 Å². The maximum Gasteiger partial charge on any atom is 0.274 e. The lowest BCUT2D eigenvalue weighted by Gasteiger charge is -2.49. The summed E-state index contributed by atoms with van der Waals surface area (Å²) in [4.78, 5) is 0. The van der Waals surface area contributed by atoms with Gasteiger partial charge in [0.25, 0.3) is 5.79 Å². The van der Waals surface area contributed by atoms with Gasteiger partial charge in [-0.1, -0.05) is 0 Å². The van der Waals surface area contributed by atoms with Crippen LogP contribution in [0.1, 0.15) is 12.8 Å². The Morgan fingerprint density at radius 3 is 2.67 bits per heavy atom. The van der Waals surface area contributed by atoms with Gasteiger partial charge in [-0.2, -0.15) is 0 Å². The maximum atomic E-state index is 10.4. The maximum absolute atomic E-state index is 10.4. The van der Waals surface area contributed by atoms with Gasteiger partial charge in [0.05, 0.1) is 13.2 Å². The van der Waals surface area contributed by atoms with Crippen LogP contribution in [0.2, 0.25) is 0 Å². The Morgan fingerprint density at radius 1 is 1.19 bits per heavy atom. The number of fused-ring (bicyclic) bond motifs is 2. The molecule has 21 heavy (non-hydrogen) atoms.